The number of hydrogen-bond acceptors (Lipinski definition) is 5. The zero-order chi connectivity index (χ0) is 21.1. The van der Waals surface area contributed by atoms with E-state index in [4.69, 9.17) is 15.0 Å². The van der Waals surface area contributed by atoms with Crippen molar-refractivity contribution in [2.24, 2.45) is 11.8 Å². The van der Waals surface area contributed by atoms with Gasteiger partial charge in [0.15, 0.2) is 0 Å². The summed E-state index contributed by atoms with van der Waals surface area (Å²) in [4.78, 5) is 24.5. The fourth-order valence-corrected chi connectivity index (χ4v) is 4.34. The second-order valence-corrected chi connectivity index (χ2v) is 8.51. The molecule has 2 N–H and O–H groups in total. The van der Waals surface area contributed by atoms with E-state index in [-0.39, 0.29) is 12.0 Å². The molecule has 8 heteroatoms. The minimum absolute atomic E-state index is 0.286. The lowest BCUT2D eigenvalue weighted by Crippen LogP contribution is -2.28. The average Bonchev–Trinajstić information content (AvgIpc) is 3.35. The monoisotopic (exact) mass is 408 g/mol. The van der Waals surface area contributed by atoms with Gasteiger partial charge < -0.3 is 19.6 Å². The summed E-state index contributed by atoms with van der Waals surface area (Å²) in [6.45, 7) is 4.70. The fourth-order valence-electron chi connectivity index (χ4n) is 4.34. The number of imidazole rings is 1. The number of H-pyrrole nitrogens is 1. The molecule has 0 atom stereocenters. The maximum atomic E-state index is 12.1. The maximum absolute atomic E-state index is 12.1. The van der Waals surface area contributed by atoms with Crippen LogP contribution in [0.3, 0.4) is 0 Å². The second-order valence-electron chi connectivity index (χ2n) is 8.51. The van der Waals surface area contributed by atoms with E-state index >= 15 is 0 Å². The highest BCUT2D eigenvalue weighted by atomic mass is 16.5. The van der Waals surface area contributed by atoms with Crippen LogP contribution >= 0.6 is 0 Å². The molecule has 1 aliphatic rings. The molecule has 3 aromatic heterocycles. The number of fused-ring (bicyclic) bond motifs is 3. The van der Waals surface area contributed by atoms with Crippen molar-refractivity contribution >= 4 is 28.2 Å². The van der Waals surface area contributed by atoms with Crippen LogP contribution in [0.5, 0.6) is 0 Å². The molecule has 30 heavy (non-hydrogen) atoms. The lowest BCUT2D eigenvalue weighted by molar-refractivity contribution is 0.132. The summed E-state index contributed by atoms with van der Waals surface area (Å²) >= 11 is 0. The first-order chi connectivity index (χ1) is 14.6. The summed E-state index contributed by atoms with van der Waals surface area (Å²) < 4.78 is 7.52. The van der Waals surface area contributed by atoms with E-state index in [9.17, 15) is 4.79 Å². The third kappa shape index (κ3) is 4.11. The molecule has 1 aliphatic carbocycles. The zero-order valence-electron chi connectivity index (χ0n) is 17.5. The lowest BCUT2D eigenvalue weighted by atomic mass is 9.84. The molecule has 158 valence electrons. The molecule has 0 bridgehead atoms. The topological polar surface area (TPSA) is 109 Å². The van der Waals surface area contributed by atoms with Crippen molar-refractivity contribution in [2.75, 3.05) is 6.61 Å². The number of hydrogen-bond donors (Lipinski definition) is 2. The molecule has 8 nitrogen and oxygen atoms in total. The van der Waals surface area contributed by atoms with Gasteiger partial charge in [-0.25, -0.2) is 14.8 Å². The first-order valence-corrected chi connectivity index (χ1v) is 10.7. The molecular formula is C22H28N6O2. The van der Waals surface area contributed by atoms with Crippen LogP contribution in [0.25, 0.3) is 22.1 Å². The molecule has 1 fully saturated rings. The number of carbonyl (C=O) groups excluding carboxylic acids is 1. The summed E-state index contributed by atoms with van der Waals surface area (Å²) in [5, 5.41) is 12.9. The van der Waals surface area contributed by atoms with E-state index in [0.29, 0.717) is 25.5 Å². The summed E-state index contributed by atoms with van der Waals surface area (Å²) in [7, 11) is 0. The summed E-state index contributed by atoms with van der Waals surface area (Å²) in [5.41, 5.74) is 2.71. The number of rotatable bonds is 6. The summed E-state index contributed by atoms with van der Waals surface area (Å²) in [5.74, 6) is 1.57. The van der Waals surface area contributed by atoms with Crippen LogP contribution in [-0.2, 0) is 11.3 Å². The van der Waals surface area contributed by atoms with Gasteiger partial charge in [-0.3, -0.25) is 0 Å². The number of ether oxygens (including phenoxy) is 1. The van der Waals surface area contributed by atoms with Crippen molar-refractivity contribution in [3.05, 3.63) is 24.3 Å². The largest absolute Gasteiger partial charge is 0.449 e. The van der Waals surface area contributed by atoms with Crippen LogP contribution in [0, 0.1) is 23.2 Å². The highest BCUT2D eigenvalue weighted by molar-refractivity contribution is 6.01. The first kappa shape index (κ1) is 20.2. The molecule has 0 spiro atoms. The van der Waals surface area contributed by atoms with Crippen LogP contribution in [0.2, 0.25) is 0 Å². The van der Waals surface area contributed by atoms with Gasteiger partial charge in [-0.1, -0.05) is 13.8 Å². The van der Waals surface area contributed by atoms with E-state index in [1.807, 2.05) is 26.1 Å². The van der Waals surface area contributed by atoms with Crippen molar-refractivity contribution in [1.82, 2.24) is 24.8 Å². The average molecular weight is 409 g/mol. The van der Waals surface area contributed by atoms with Gasteiger partial charge in [0.25, 0.3) is 0 Å². The number of nitrogens with one attached hydrogen (secondary N) is 2. The Balaban J connectivity index is 1.63. The number of nitriles is 1. The maximum Gasteiger partial charge on any atom is 0.407 e. The number of alkyl carbamates (subject to hydrolysis) is 1. The Kier molecular flexibility index (Phi) is 5.88. The highest BCUT2D eigenvalue weighted by Crippen LogP contribution is 2.37. The van der Waals surface area contributed by atoms with Gasteiger partial charge in [0, 0.05) is 24.0 Å². The molecule has 3 aromatic rings. The lowest BCUT2D eigenvalue weighted by Gasteiger charge is -2.30. The summed E-state index contributed by atoms with van der Waals surface area (Å²) in [6, 6.07) is 4.62. The Hall–Kier alpha value is -3.08. The van der Waals surface area contributed by atoms with E-state index in [0.717, 1.165) is 53.6 Å². The van der Waals surface area contributed by atoms with Crippen LogP contribution in [0.4, 0.5) is 4.79 Å². The predicted molar refractivity (Wildman–Crippen MR) is 114 cm³/mol. The molecule has 0 radical (unpaired) electrons. The van der Waals surface area contributed by atoms with Crippen molar-refractivity contribution in [1.29, 1.82) is 5.26 Å². The minimum atomic E-state index is -0.426. The SMILES string of the molecule is CC(C)COC(=O)NCc1nc2cnc3[nH]ccc3c2n1C1CCC(CC#N)CC1. The third-order valence-corrected chi connectivity index (χ3v) is 5.81. The van der Waals surface area contributed by atoms with Crippen molar-refractivity contribution in [3.63, 3.8) is 0 Å². The van der Waals surface area contributed by atoms with Gasteiger partial charge in [0.2, 0.25) is 0 Å². The second kappa shape index (κ2) is 8.74. The van der Waals surface area contributed by atoms with Gasteiger partial charge in [-0.15, -0.1) is 0 Å². The molecule has 1 amide bonds. The normalized spacial score (nSPS) is 19.3. The fraction of sp³-hybridized carbons (Fsp3) is 0.545. The van der Waals surface area contributed by atoms with Crippen LogP contribution < -0.4 is 5.32 Å². The molecule has 0 saturated heterocycles. The van der Waals surface area contributed by atoms with Gasteiger partial charge in [-0.2, -0.15) is 5.26 Å². The predicted octanol–water partition coefficient (Wildman–Crippen LogP) is 4.44. The van der Waals surface area contributed by atoms with Gasteiger partial charge >= 0.3 is 6.09 Å². The minimum Gasteiger partial charge on any atom is -0.449 e. The molecule has 1 saturated carbocycles. The number of amides is 1. The van der Waals surface area contributed by atoms with E-state index < -0.39 is 6.09 Å². The van der Waals surface area contributed by atoms with Crippen molar-refractivity contribution in [2.45, 2.75) is 58.5 Å². The Morgan fingerprint density at radius 3 is 2.93 bits per heavy atom. The van der Waals surface area contributed by atoms with Gasteiger partial charge in [-0.05, 0) is 43.6 Å². The van der Waals surface area contributed by atoms with E-state index in [2.05, 4.69) is 25.9 Å². The van der Waals surface area contributed by atoms with Crippen LogP contribution in [-0.4, -0.2) is 32.2 Å². The standard InChI is InChI=1S/C22H28N6O2/c1-14(2)13-30-22(29)26-12-19-27-18-11-25-21-17(8-10-24-21)20(18)28(19)16-5-3-15(4-6-16)7-9-23/h8,10-11,14-16H,3-7,12-13H2,1-2H3,(H,24,25)(H,26,29). The summed E-state index contributed by atoms with van der Waals surface area (Å²) in [6.07, 6.45) is 7.93. The Morgan fingerprint density at radius 2 is 2.20 bits per heavy atom. The molecule has 0 unspecified atom stereocenters. The zero-order valence-corrected chi connectivity index (χ0v) is 17.5. The smallest absolute Gasteiger partial charge is 0.407 e. The van der Waals surface area contributed by atoms with Crippen molar-refractivity contribution in [3.8, 4) is 6.07 Å². The molecule has 4 rings (SSSR count). The first-order valence-electron chi connectivity index (χ1n) is 10.7. The molecule has 3 heterocycles. The van der Waals surface area contributed by atoms with Gasteiger partial charge in [0.1, 0.15) is 17.0 Å². The van der Waals surface area contributed by atoms with Gasteiger partial charge in [0.05, 0.1) is 30.9 Å². The van der Waals surface area contributed by atoms with Crippen molar-refractivity contribution < 1.29 is 9.53 Å². The number of carbonyl (C=O) groups is 1. The number of pyridine rings is 1. The van der Waals surface area contributed by atoms with E-state index in [1.54, 1.807) is 6.20 Å². The molecule has 0 aromatic carbocycles. The number of aromatic nitrogens is 4. The number of nitrogens with zero attached hydrogens (tertiary/aromatic N) is 4. The van der Waals surface area contributed by atoms with Crippen LogP contribution in [0.1, 0.15) is 57.8 Å². The number of aromatic amines is 1. The molecular weight excluding hydrogens is 380 g/mol. The third-order valence-electron chi connectivity index (χ3n) is 5.81. The highest BCUT2D eigenvalue weighted by Gasteiger charge is 2.27. The van der Waals surface area contributed by atoms with Crippen LogP contribution in [0.15, 0.2) is 18.5 Å². The Morgan fingerprint density at radius 1 is 1.40 bits per heavy atom. The Labute approximate surface area is 175 Å². The van der Waals surface area contributed by atoms with E-state index in [1.165, 1.54) is 0 Å². The Bertz CT molecular complexity index is 1070. The quantitative estimate of drug-likeness (QED) is 0.627. The molecule has 0 aliphatic heterocycles.